The maximum atomic E-state index is 13.0. The molecule has 6 nitrogen and oxygen atoms in total. The van der Waals surface area contributed by atoms with Gasteiger partial charge in [0.25, 0.3) is 0 Å². The highest BCUT2D eigenvalue weighted by Crippen LogP contribution is 2.64. The average molecular weight is 340 g/mol. The molecule has 25 heavy (non-hydrogen) atoms. The van der Waals surface area contributed by atoms with Gasteiger partial charge in [-0.15, -0.1) is 6.58 Å². The van der Waals surface area contributed by atoms with Crippen molar-refractivity contribution in [3.63, 3.8) is 0 Å². The second kappa shape index (κ2) is 4.52. The Bertz CT molecular complexity index is 921. The van der Waals surface area contributed by atoms with E-state index in [0.717, 1.165) is 16.5 Å². The molecule has 0 radical (unpaired) electrons. The van der Waals surface area contributed by atoms with Crippen LogP contribution in [0.1, 0.15) is 23.7 Å². The first kappa shape index (κ1) is 15.1. The number of esters is 1. The number of ether oxygens (including phenoxy) is 2. The predicted molar refractivity (Wildman–Crippen MR) is 91.2 cm³/mol. The molecule has 5 rings (SSSR count). The molecule has 2 aromatic rings. The van der Waals surface area contributed by atoms with Gasteiger partial charge in [0, 0.05) is 22.2 Å². The smallest absolute Gasteiger partial charge is 0.323 e. The van der Waals surface area contributed by atoms with E-state index in [-0.39, 0.29) is 12.6 Å². The third-order valence-electron chi connectivity index (χ3n) is 6.44. The number of benzene rings is 1. The van der Waals surface area contributed by atoms with Crippen LogP contribution in [0.4, 0.5) is 0 Å². The highest BCUT2D eigenvalue weighted by molar-refractivity contribution is 5.94. The fraction of sp³-hybridized carbons (Fsp3) is 0.421. The van der Waals surface area contributed by atoms with Crippen molar-refractivity contribution in [2.24, 2.45) is 0 Å². The first-order valence-electron chi connectivity index (χ1n) is 8.48. The molecule has 2 fully saturated rings. The van der Waals surface area contributed by atoms with E-state index >= 15 is 0 Å². The number of aliphatic hydroxyl groups is 1. The van der Waals surface area contributed by atoms with Gasteiger partial charge < -0.3 is 24.9 Å². The van der Waals surface area contributed by atoms with E-state index in [0.29, 0.717) is 18.7 Å². The summed E-state index contributed by atoms with van der Waals surface area (Å²) in [7, 11) is 1.35. The Morgan fingerprint density at radius 1 is 1.48 bits per heavy atom. The van der Waals surface area contributed by atoms with Crippen molar-refractivity contribution >= 4 is 16.9 Å². The van der Waals surface area contributed by atoms with Gasteiger partial charge in [0.1, 0.15) is 11.2 Å². The largest absolute Gasteiger partial charge is 0.468 e. The molecule has 1 aliphatic carbocycles. The number of hydrogen-bond acceptors (Lipinski definition) is 5. The highest BCUT2D eigenvalue weighted by Gasteiger charge is 2.79. The van der Waals surface area contributed by atoms with E-state index in [1.807, 2.05) is 24.3 Å². The molecule has 2 saturated heterocycles. The Hall–Kier alpha value is -2.15. The van der Waals surface area contributed by atoms with Gasteiger partial charge in [-0.2, -0.15) is 0 Å². The third-order valence-corrected chi connectivity index (χ3v) is 6.44. The van der Waals surface area contributed by atoms with Gasteiger partial charge in [0.05, 0.1) is 19.8 Å². The van der Waals surface area contributed by atoms with Crippen LogP contribution in [-0.4, -0.2) is 47.5 Å². The Labute approximate surface area is 144 Å². The molecule has 130 valence electrons. The zero-order valence-electron chi connectivity index (χ0n) is 14.0. The van der Waals surface area contributed by atoms with Crippen molar-refractivity contribution in [3.8, 4) is 0 Å². The van der Waals surface area contributed by atoms with Crippen molar-refractivity contribution in [2.45, 2.75) is 29.1 Å². The first-order chi connectivity index (χ1) is 12.1. The molecule has 2 aliphatic heterocycles. The van der Waals surface area contributed by atoms with Gasteiger partial charge >= 0.3 is 5.97 Å². The van der Waals surface area contributed by atoms with Gasteiger partial charge in [-0.05, 0) is 19.0 Å². The molecule has 3 aliphatic rings. The van der Waals surface area contributed by atoms with Crippen molar-refractivity contribution in [1.29, 1.82) is 0 Å². The normalized spacial score (nSPS) is 38.4. The van der Waals surface area contributed by atoms with E-state index in [9.17, 15) is 9.90 Å². The fourth-order valence-electron chi connectivity index (χ4n) is 5.33. The minimum Gasteiger partial charge on any atom is -0.468 e. The number of para-hydroxylation sites is 1. The minimum atomic E-state index is -1.42. The molecule has 0 saturated carbocycles. The standard InChI is InChI=1S/C19H20N2O4/c1-3-18-15-13-11-6-4-5-7-12(11)21-14(13)17(10-25-18,16(22)24-2)19(18,23)8-9-20-15/h3-7,15,20-21,23H,1,8-10H2,2H3/t15?,17-,18?,19?/m0/s1. The van der Waals surface area contributed by atoms with Crippen molar-refractivity contribution < 1.29 is 19.4 Å². The van der Waals surface area contributed by atoms with Gasteiger partial charge in [0.15, 0.2) is 5.41 Å². The lowest BCUT2D eigenvalue weighted by Gasteiger charge is -2.56. The number of aromatic nitrogens is 1. The van der Waals surface area contributed by atoms with E-state index in [2.05, 4.69) is 16.9 Å². The van der Waals surface area contributed by atoms with Crippen LogP contribution in [0.25, 0.3) is 10.9 Å². The van der Waals surface area contributed by atoms with E-state index in [4.69, 9.17) is 9.47 Å². The molecule has 6 heteroatoms. The number of piperidine rings is 1. The molecule has 3 heterocycles. The molecule has 3 unspecified atom stereocenters. The van der Waals surface area contributed by atoms with Crippen LogP contribution in [0.15, 0.2) is 36.9 Å². The maximum Gasteiger partial charge on any atom is 0.323 e. The van der Waals surface area contributed by atoms with Gasteiger partial charge in [-0.1, -0.05) is 24.3 Å². The summed E-state index contributed by atoms with van der Waals surface area (Å²) in [6.45, 7) is 4.58. The summed E-state index contributed by atoms with van der Waals surface area (Å²) in [6, 6.07) is 7.62. The number of rotatable bonds is 2. The van der Waals surface area contributed by atoms with Crippen LogP contribution in [0.2, 0.25) is 0 Å². The summed E-state index contributed by atoms with van der Waals surface area (Å²) in [6.07, 6.45) is 2.03. The van der Waals surface area contributed by atoms with Gasteiger partial charge in [-0.25, -0.2) is 0 Å². The number of aromatic amines is 1. The monoisotopic (exact) mass is 340 g/mol. The number of carbonyl (C=O) groups excluding carboxylic acids is 1. The molecular weight excluding hydrogens is 320 g/mol. The Morgan fingerprint density at radius 2 is 2.28 bits per heavy atom. The quantitative estimate of drug-likeness (QED) is 0.567. The zero-order valence-corrected chi connectivity index (χ0v) is 14.0. The van der Waals surface area contributed by atoms with Crippen LogP contribution in [0.3, 0.4) is 0 Å². The summed E-state index contributed by atoms with van der Waals surface area (Å²) in [5.41, 5.74) is -1.20. The number of H-pyrrole nitrogens is 1. The summed E-state index contributed by atoms with van der Waals surface area (Å²) in [5, 5.41) is 16.3. The fourth-order valence-corrected chi connectivity index (χ4v) is 5.33. The van der Waals surface area contributed by atoms with E-state index in [1.165, 1.54) is 7.11 Å². The summed E-state index contributed by atoms with van der Waals surface area (Å²) >= 11 is 0. The number of fused-ring (bicyclic) bond motifs is 5. The van der Waals surface area contributed by atoms with Crippen LogP contribution in [0, 0.1) is 0 Å². The van der Waals surface area contributed by atoms with Crippen molar-refractivity contribution in [1.82, 2.24) is 10.3 Å². The molecule has 0 spiro atoms. The molecule has 1 aromatic carbocycles. The second-order valence-electron chi connectivity index (χ2n) is 7.14. The molecule has 3 N–H and O–H groups in total. The number of nitrogens with one attached hydrogen (secondary N) is 2. The Morgan fingerprint density at radius 3 is 3.04 bits per heavy atom. The van der Waals surface area contributed by atoms with Crippen molar-refractivity contribution in [2.75, 3.05) is 20.3 Å². The third kappa shape index (κ3) is 1.35. The lowest BCUT2D eigenvalue weighted by atomic mass is 9.54. The van der Waals surface area contributed by atoms with Crippen LogP contribution >= 0.6 is 0 Å². The zero-order chi connectivity index (χ0) is 17.4. The maximum absolute atomic E-state index is 13.0. The molecule has 1 aromatic heterocycles. The summed E-state index contributed by atoms with van der Waals surface area (Å²) in [5.74, 6) is -0.480. The molecular formula is C19H20N2O4. The van der Waals surface area contributed by atoms with E-state index in [1.54, 1.807) is 6.08 Å². The molecule has 0 amide bonds. The number of hydrogen-bond donors (Lipinski definition) is 3. The van der Waals surface area contributed by atoms with Crippen LogP contribution in [0.5, 0.6) is 0 Å². The lowest BCUT2D eigenvalue weighted by Crippen LogP contribution is -2.73. The molecule has 4 atom stereocenters. The van der Waals surface area contributed by atoms with Crippen molar-refractivity contribution in [3.05, 3.63) is 48.2 Å². The lowest BCUT2D eigenvalue weighted by molar-refractivity contribution is -0.175. The average Bonchev–Trinajstić information content (AvgIpc) is 3.10. The van der Waals surface area contributed by atoms with E-state index < -0.39 is 22.6 Å². The highest BCUT2D eigenvalue weighted by atomic mass is 16.6. The SMILES string of the molecule is C=CC12OC[C@@]3(C(=O)OC)c4[nH]c5ccccc5c4C1NCCC23O. The van der Waals surface area contributed by atoms with Crippen LogP contribution < -0.4 is 5.32 Å². The first-order valence-corrected chi connectivity index (χ1v) is 8.48. The van der Waals surface area contributed by atoms with Gasteiger partial charge in [-0.3, -0.25) is 4.79 Å². The molecule has 4 bridgehead atoms. The predicted octanol–water partition coefficient (Wildman–Crippen LogP) is 1.31. The van der Waals surface area contributed by atoms with Crippen LogP contribution in [-0.2, 0) is 19.7 Å². The number of carbonyl (C=O) groups is 1. The second-order valence-corrected chi connectivity index (χ2v) is 7.14. The minimum absolute atomic E-state index is 0.0557. The Kier molecular flexibility index (Phi) is 2.73. The van der Waals surface area contributed by atoms with Gasteiger partial charge in [0.2, 0.25) is 0 Å². The summed E-state index contributed by atoms with van der Waals surface area (Å²) < 4.78 is 11.3. The topological polar surface area (TPSA) is 83.6 Å². The Balaban J connectivity index is 1.96. The number of methoxy groups -OCH3 is 1. The summed E-state index contributed by atoms with van der Waals surface area (Å²) in [4.78, 5) is 16.4.